The van der Waals surface area contributed by atoms with Gasteiger partial charge in [-0.15, -0.1) is 0 Å². The Balaban J connectivity index is 2.69. The van der Waals surface area contributed by atoms with Gasteiger partial charge in [-0.1, -0.05) is 19.1 Å². The van der Waals surface area contributed by atoms with Gasteiger partial charge in [-0.05, 0) is 44.6 Å². The third kappa shape index (κ3) is 4.57. The Labute approximate surface area is 104 Å². The summed E-state index contributed by atoms with van der Waals surface area (Å²) in [5.74, 6) is 0.0640. The summed E-state index contributed by atoms with van der Waals surface area (Å²) in [6.07, 6.45) is 1.55. The zero-order chi connectivity index (χ0) is 12.8. The highest BCUT2D eigenvalue weighted by Crippen LogP contribution is 2.17. The molecule has 0 spiro atoms. The first kappa shape index (κ1) is 13.7. The third-order valence-corrected chi connectivity index (χ3v) is 2.73. The zero-order valence-corrected chi connectivity index (χ0v) is 11.2. The van der Waals surface area contributed by atoms with Crippen molar-refractivity contribution in [1.29, 1.82) is 0 Å². The van der Waals surface area contributed by atoms with Crippen LogP contribution in [0, 0.1) is 6.92 Å². The van der Waals surface area contributed by atoms with Gasteiger partial charge in [0.05, 0.1) is 0 Å². The van der Waals surface area contributed by atoms with E-state index in [1.54, 1.807) is 0 Å². The molecular weight excluding hydrogens is 212 g/mol. The highest BCUT2D eigenvalue weighted by atomic mass is 16.1. The Morgan fingerprint density at radius 2 is 2.06 bits per heavy atom. The zero-order valence-electron chi connectivity index (χ0n) is 11.2. The second kappa shape index (κ2) is 6.40. The number of likely N-dealkylation sites (N-methyl/N-ethyl adjacent to an activating group) is 1. The average molecular weight is 234 g/mol. The number of hydrogen-bond donors (Lipinski definition) is 1. The number of amides is 1. The van der Waals surface area contributed by atoms with E-state index in [0.717, 1.165) is 24.2 Å². The van der Waals surface area contributed by atoms with E-state index < -0.39 is 0 Å². The SMILES string of the molecule is CCC(=O)Nc1ccc(CCN(C)C)cc1C. The fourth-order valence-electron chi connectivity index (χ4n) is 1.61. The molecule has 3 heteroatoms. The molecule has 0 aromatic heterocycles. The molecule has 0 fully saturated rings. The highest BCUT2D eigenvalue weighted by molar-refractivity contribution is 5.91. The lowest BCUT2D eigenvalue weighted by molar-refractivity contribution is -0.115. The van der Waals surface area contributed by atoms with Crippen molar-refractivity contribution in [2.75, 3.05) is 26.0 Å². The molecule has 0 radical (unpaired) electrons. The molecule has 0 heterocycles. The van der Waals surface area contributed by atoms with Gasteiger partial charge in [0.2, 0.25) is 5.91 Å². The molecular formula is C14H22N2O. The fraction of sp³-hybridized carbons (Fsp3) is 0.500. The maximum absolute atomic E-state index is 11.3. The molecule has 1 N–H and O–H groups in total. The number of carbonyl (C=O) groups excluding carboxylic acids is 1. The lowest BCUT2D eigenvalue weighted by Crippen LogP contribution is -2.15. The molecule has 0 unspecified atom stereocenters. The molecule has 3 nitrogen and oxygen atoms in total. The average Bonchev–Trinajstić information content (AvgIpc) is 2.29. The highest BCUT2D eigenvalue weighted by Gasteiger charge is 2.03. The van der Waals surface area contributed by atoms with Gasteiger partial charge < -0.3 is 10.2 Å². The first-order valence-corrected chi connectivity index (χ1v) is 6.07. The quantitative estimate of drug-likeness (QED) is 0.848. The Hall–Kier alpha value is -1.35. The molecule has 0 aliphatic heterocycles. The summed E-state index contributed by atoms with van der Waals surface area (Å²) in [5.41, 5.74) is 3.36. The van der Waals surface area contributed by atoms with Gasteiger partial charge in [-0.25, -0.2) is 0 Å². The summed E-state index contributed by atoms with van der Waals surface area (Å²) in [6.45, 7) is 4.93. The standard InChI is InChI=1S/C14H22N2O/c1-5-14(17)15-13-7-6-12(10-11(13)2)8-9-16(3)4/h6-7,10H,5,8-9H2,1-4H3,(H,15,17). The molecule has 1 amide bonds. The van der Waals surface area contributed by atoms with Crippen LogP contribution in [-0.4, -0.2) is 31.4 Å². The molecule has 1 aromatic rings. The van der Waals surface area contributed by atoms with Crippen LogP contribution in [0.25, 0.3) is 0 Å². The van der Waals surface area contributed by atoms with Crippen molar-refractivity contribution in [3.8, 4) is 0 Å². The Morgan fingerprint density at radius 1 is 1.35 bits per heavy atom. The number of rotatable bonds is 5. The summed E-state index contributed by atoms with van der Waals surface area (Å²) in [6, 6.07) is 6.23. The van der Waals surface area contributed by atoms with Crippen molar-refractivity contribution in [1.82, 2.24) is 4.90 Å². The lowest BCUT2D eigenvalue weighted by atomic mass is 10.1. The number of nitrogens with zero attached hydrogens (tertiary/aromatic N) is 1. The predicted octanol–water partition coefficient (Wildman–Crippen LogP) is 2.45. The fourth-order valence-corrected chi connectivity index (χ4v) is 1.61. The smallest absolute Gasteiger partial charge is 0.224 e. The largest absolute Gasteiger partial charge is 0.326 e. The van der Waals surface area contributed by atoms with Gasteiger partial charge >= 0.3 is 0 Å². The molecule has 0 saturated heterocycles. The van der Waals surface area contributed by atoms with Crippen LogP contribution in [0.4, 0.5) is 5.69 Å². The van der Waals surface area contributed by atoms with Crippen molar-refractivity contribution < 1.29 is 4.79 Å². The molecule has 0 aliphatic carbocycles. The minimum atomic E-state index is 0.0640. The van der Waals surface area contributed by atoms with E-state index in [0.29, 0.717) is 6.42 Å². The summed E-state index contributed by atoms with van der Waals surface area (Å²) in [5, 5.41) is 2.90. The van der Waals surface area contributed by atoms with E-state index in [1.165, 1.54) is 5.56 Å². The predicted molar refractivity (Wildman–Crippen MR) is 72.4 cm³/mol. The van der Waals surface area contributed by atoms with E-state index >= 15 is 0 Å². The Kier molecular flexibility index (Phi) is 5.16. The first-order valence-electron chi connectivity index (χ1n) is 6.07. The summed E-state index contributed by atoms with van der Waals surface area (Å²) >= 11 is 0. The first-order chi connectivity index (χ1) is 8.02. The normalized spacial score (nSPS) is 10.6. The van der Waals surface area contributed by atoms with Crippen LogP contribution in [0.15, 0.2) is 18.2 Å². The van der Waals surface area contributed by atoms with E-state index in [2.05, 4.69) is 36.4 Å². The Bertz CT molecular complexity index is 386. The molecule has 17 heavy (non-hydrogen) atoms. The minimum absolute atomic E-state index is 0.0640. The molecule has 0 aliphatic rings. The number of hydrogen-bond acceptors (Lipinski definition) is 2. The van der Waals surface area contributed by atoms with Crippen molar-refractivity contribution >= 4 is 11.6 Å². The van der Waals surface area contributed by atoms with Crippen molar-refractivity contribution in [3.63, 3.8) is 0 Å². The Morgan fingerprint density at radius 3 is 2.59 bits per heavy atom. The maximum atomic E-state index is 11.3. The van der Waals surface area contributed by atoms with Crippen LogP contribution in [0.3, 0.4) is 0 Å². The van der Waals surface area contributed by atoms with Gasteiger partial charge in [0.15, 0.2) is 0 Å². The van der Waals surface area contributed by atoms with E-state index in [1.807, 2.05) is 19.9 Å². The van der Waals surface area contributed by atoms with E-state index in [-0.39, 0.29) is 5.91 Å². The minimum Gasteiger partial charge on any atom is -0.326 e. The van der Waals surface area contributed by atoms with Crippen LogP contribution in [0.5, 0.6) is 0 Å². The number of benzene rings is 1. The number of aryl methyl sites for hydroxylation is 1. The topological polar surface area (TPSA) is 32.3 Å². The molecule has 0 bridgehead atoms. The van der Waals surface area contributed by atoms with Crippen molar-refractivity contribution in [3.05, 3.63) is 29.3 Å². The van der Waals surface area contributed by atoms with Crippen LogP contribution in [-0.2, 0) is 11.2 Å². The van der Waals surface area contributed by atoms with Gasteiger partial charge in [0, 0.05) is 18.7 Å². The van der Waals surface area contributed by atoms with Gasteiger partial charge in [-0.3, -0.25) is 4.79 Å². The molecule has 94 valence electrons. The molecule has 1 aromatic carbocycles. The monoisotopic (exact) mass is 234 g/mol. The van der Waals surface area contributed by atoms with Crippen LogP contribution in [0.2, 0.25) is 0 Å². The number of carbonyl (C=O) groups is 1. The number of nitrogens with one attached hydrogen (secondary N) is 1. The molecule has 1 rings (SSSR count). The van der Waals surface area contributed by atoms with Crippen LogP contribution in [0.1, 0.15) is 24.5 Å². The third-order valence-electron chi connectivity index (χ3n) is 2.73. The summed E-state index contributed by atoms with van der Waals surface area (Å²) in [4.78, 5) is 13.5. The second-order valence-corrected chi connectivity index (χ2v) is 4.60. The number of anilines is 1. The van der Waals surface area contributed by atoms with Crippen LogP contribution >= 0.6 is 0 Å². The van der Waals surface area contributed by atoms with E-state index in [9.17, 15) is 4.79 Å². The van der Waals surface area contributed by atoms with Crippen LogP contribution < -0.4 is 5.32 Å². The maximum Gasteiger partial charge on any atom is 0.224 e. The second-order valence-electron chi connectivity index (χ2n) is 4.60. The molecule has 0 saturated carbocycles. The summed E-state index contributed by atoms with van der Waals surface area (Å²) in [7, 11) is 4.14. The van der Waals surface area contributed by atoms with Crippen molar-refractivity contribution in [2.24, 2.45) is 0 Å². The van der Waals surface area contributed by atoms with Gasteiger partial charge in [0.1, 0.15) is 0 Å². The van der Waals surface area contributed by atoms with Gasteiger partial charge in [-0.2, -0.15) is 0 Å². The van der Waals surface area contributed by atoms with Gasteiger partial charge in [0.25, 0.3) is 0 Å². The van der Waals surface area contributed by atoms with Crippen molar-refractivity contribution in [2.45, 2.75) is 26.7 Å². The van der Waals surface area contributed by atoms with E-state index in [4.69, 9.17) is 0 Å². The lowest BCUT2D eigenvalue weighted by Gasteiger charge is -2.12. The summed E-state index contributed by atoms with van der Waals surface area (Å²) < 4.78 is 0. The molecule has 0 atom stereocenters.